The third-order valence-electron chi connectivity index (χ3n) is 3.72. The maximum atomic E-state index is 10.1. The van der Waals surface area contributed by atoms with E-state index in [1.54, 1.807) is 0 Å². The first-order valence-corrected chi connectivity index (χ1v) is 6.77. The molecule has 2 aromatic carbocycles. The SMILES string of the molecule is Oc1cc(O)n(-c2c3ccccc3nc3ccccc23)c1O. The van der Waals surface area contributed by atoms with Gasteiger partial charge in [0.05, 0.1) is 16.7 Å². The van der Waals surface area contributed by atoms with Crippen LogP contribution in [0.4, 0.5) is 0 Å². The van der Waals surface area contributed by atoms with Crippen molar-refractivity contribution in [2.24, 2.45) is 0 Å². The number of para-hydroxylation sites is 2. The molecule has 0 aliphatic carbocycles. The molecule has 0 bridgehead atoms. The molecule has 0 amide bonds. The Morgan fingerprint density at radius 2 is 1.32 bits per heavy atom. The summed E-state index contributed by atoms with van der Waals surface area (Å²) in [7, 11) is 0. The quantitative estimate of drug-likeness (QED) is 0.470. The van der Waals surface area contributed by atoms with E-state index in [0.717, 1.165) is 27.9 Å². The van der Waals surface area contributed by atoms with Gasteiger partial charge in [-0.3, -0.25) is 0 Å². The molecule has 4 aromatic rings. The first-order valence-electron chi connectivity index (χ1n) is 6.77. The van der Waals surface area contributed by atoms with Crippen LogP contribution in [0.25, 0.3) is 27.5 Å². The molecule has 5 nitrogen and oxygen atoms in total. The van der Waals surface area contributed by atoms with Crippen LogP contribution in [0.1, 0.15) is 0 Å². The van der Waals surface area contributed by atoms with Crippen molar-refractivity contribution in [2.75, 3.05) is 0 Å². The molecule has 0 saturated carbocycles. The zero-order chi connectivity index (χ0) is 15.3. The standard InChI is InChI=1S/C17H12N2O3/c20-14-9-15(21)19(17(14)22)16-10-5-1-3-7-12(10)18-13-8-4-2-6-11(13)16/h1-9,20-22H. The third kappa shape index (κ3) is 1.62. The largest absolute Gasteiger partial charge is 0.503 e. The van der Waals surface area contributed by atoms with Crippen LogP contribution in [-0.4, -0.2) is 24.9 Å². The predicted molar refractivity (Wildman–Crippen MR) is 83.6 cm³/mol. The maximum absolute atomic E-state index is 10.1. The van der Waals surface area contributed by atoms with Crippen molar-refractivity contribution in [3.05, 3.63) is 54.6 Å². The fourth-order valence-electron chi connectivity index (χ4n) is 2.75. The summed E-state index contributed by atoms with van der Waals surface area (Å²) >= 11 is 0. The van der Waals surface area contributed by atoms with Crippen LogP contribution in [0.5, 0.6) is 17.5 Å². The van der Waals surface area contributed by atoms with Crippen LogP contribution >= 0.6 is 0 Å². The fraction of sp³-hybridized carbons (Fsp3) is 0. The Hall–Kier alpha value is -3.21. The van der Waals surface area contributed by atoms with E-state index >= 15 is 0 Å². The van der Waals surface area contributed by atoms with Crippen molar-refractivity contribution in [2.45, 2.75) is 0 Å². The van der Waals surface area contributed by atoms with Gasteiger partial charge in [0, 0.05) is 16.8 Å². The monoisotopic (exact) mass is 292 g/mol. The third-order valence-corrected chi connectivity index (χ3v) is 3.72. The lowest BCUT2D eigenvalue weighted by Gasteiger charge is -2.13. The van der Waals surface area contributed by atoms with Gasteiger partial charge in [-0.15, -0.1) is 0 Å². The van der Waals surface area contributed by atoms with Gasteiger partial charge < -0.3 is 15.3 Å². The van der Waals surface area contributed by atoms with E-state index in [1.165, 1.54) is 4.57 Å². The van der Waals surface area contributed by atoms with E-state index in [9.17, 15) is 15.3 Å². The molecule has 22 heavy (non-hydrogen) atoms. The minimum atomic E-state index is -0.404. The predicted octanol–water partition coefficient (Wildman–Crippen LogP) is 3.30. The Morgan fingerprint density at radius 1 is 0.773 bits per heavy atom. The van der Waals surface area contributed by atoms with Crippen LogP contribution < -0.4 is 0 Å². The van der Waals surface area contributed by atoms with Gasteiger partial charge in [-0.05, 0) is 12.1 Å². The Bertz CT molecular complexity index is 967. The minimum absolute atomic E-state index is 0.239. The molecule has 0 aliphatic rings. The Morgan fingerprint density at radius 3 is 1.82 bits per heavy atom. The summed E-state index contributed by atoms with van der Waals surface area (Å²) in [5.41, 5.74) is 2.06. The fourth-order valence-corrected chi connectivity index (χ4v) is 2.75. The maximum Gasteiger partial charge on any atom is 0.242 e. The summed E-state index contributed by atoms with van der Waals surface area (Å²) in [5.74, 6) is -1.02. The molecule has 0 atom stereocenters. The second kappa shape index (κ2) is 4.39. The highest BCUT2D eigenvalue weighted by Gasteiger charge is 2.19. The zero-order valence-corrected chi connectivity index (χ0v) is 11.4. The summed E-state index contributed by atoms with van der Waals surface area (Å²) in [6.45, 7) is 0. The number of hydrogen-bond donors (Lipinski definition) is 3. The van der Waals surface area contributed by atoms with Gasteiger partial charge in [-0.2, -0.15) is 0 Å². The molecule has 0 aliphatic heterocycles. The number of rotatable bonds is 1. The van der Waals surface area contributed by atoms with E-state index in [-0.39, 0.29) is 11.6 Å². The van der Waals surface area contributed by atoms with Gasteiger partial charge in [-0.25, -0.2) is 9.55 Å². The summed E-state index contributed by atoms with van der Waals surface area (Å²) in [4.78, 5) is 4.59. The van der Waals surface area contributed by atoms with Crippen molar-refractivity contribution < 1.29 is 15.3 Å². The van der Waals surface area contributed by atoms with Crippen molar-refractivity contribution in [3.8, 4) is 23.2 Å². The average Bonchev–Trinajstić information content (AvgIpc) is 2.78. The molecule has 2 heterocycles. The van der Waals surface area contributed by atoms with Crippen LogP contribution in [-0.2, 0) is 0 Å². The van der Waals surface area contributed by atoms with Gasteiger partial charge in [0.2, 0.25) is 11.8 Å². The van der Waals surface area contributed by atoms with Gasteiger partial charge in [-0.1, -0.05) is 36.4 Å². The van der Waals surface area contributed by atoms with Crippen LogP contribution in [0.15, 0.2) is 54.6 Å². The van der Waals surface area contributed by atoms with Gasteiger partial charge >= 0.3 is 0 Å². The highest BCUT2D eigenvalue weighted by atomic mass is 16.3. The first-order chi connectivity index (χ1) is 10.7. The van der Waals surface area contributed by atoms with Crippen molar-refractivity contribution in [1.82, 2.24) is 9.55 Å². The van der Waals surface area contributed by atoms with E-state index in [4.69, 9.17) is 0 Å². The second-order valence-electron chi connectivity index (χ2n) is 5.04. The smallest absolute Gasteiger partial charge is 0.242 e. The number of pyridine rings is 1. The molecule has 0 unspecified atom stereocenters. The minimum Gasteiger partial charge on any atom is -0.503 e. The van der Waals surface area contributed by atoms with Crippen molar-refractivity contribution >= 4 is 21.8 Å². The van der Waals surface area contributed by atoms with Crippen LogP contribution in [0, 0.1) is 0 Å². The Balaban J connectivity index is 2.27. The average molecular weight is 292 g/mol. The van der Waals surface area contributed by atoms with Gasteiger partial charge in [0.1, 0.15) is 0 Å². The lowest BCUT2D eigenvalue weighted by Crippen LogP contribution is -1.97. The molecule has 0 spiro atoms. The summed E-state index contributed by atoms with van der Waals surface area (Å²) in [5, 5.41) is 31.4. The van der Waals surface area contributed by atoms with Gasteiger partial charge in [0.25, 0.3) is 0 Å². The molecule has 2 aromatic heterocycles. The Labute approximate surface area is 125 Å². The van der Waals surface area contributed by atoms with Crippen LogP contribution in [0.2, 0.25) is 0 Å². The topological polar surface area (TPSA) is 78.5 Å². The number of fused-ring (bicyclic) bond motifs is 2. The Kier molecular flexibility index (Phi) is 2.50. The summed E-state index contributed by atoms with van der Waals surface area (Å²) in [6.07, 6.45) is 0. The molecule has 0 radical (unpaired) electrons. The van der Waals surface area contributed by atoms with E-state index < -0.39 is 5.88 Å². The molecular weight excluding hydrogens is 280 g/mol. The molecule has 108 valence electrons. The number of hydrogen-bond acceptors (Lipinski definition) is 4. The van der Waals surface area contributed by atoms with Crippen molar-refractivity contribution in [3.63, 3.8) is 0 Å². The molecule has 4 rings (SSSR count). The zero-order valence-electron chi connectivity index (χ0n) is 11.4. The highest BCUT2D eigenvalue weighted by molar-refractivity contribution is 6.03. The highest BCUT2D eigenvalue weighted by Crippen LogP contribution is 2.40. The lowest BCUT2D eigenvalue weighted by molar-refractivity contribution is 0.378. The molecule has 3 N–H and O–H groups in total. The molecule has 0 fully saturated rings. The lowest BCUT2D eigenvalue weighted by atomic mass is 10.1. The summed E-state index contributed by atoms with van der Waals surface area (Å²) < 4.78 is 1.22. The number of nitrogens with zero attached hydrogens (tertiary/aromatic N) is 2. The number of aromatic hydroxyl groups is 3. The van der Waals surface area contributed by atoms with E-state index in [0.29, 0.717) is 5.69 Å². The van der Waals surface area contributed by atoms with E-state index in [2.05, 4.69) is 4.98 Å². The number of aromatic nitrogens is 2. The normalized spacial score (nSPS) is 11.3. The molecule has 0 saturated heterocycles. The number of benzene rings is 2. The summed E-state index contributed by atoms with van der Waals surface area (Å²) in [6, 6.07) is 16.0. The second-order valence-corrected chi connectivity index (χ2v) is 5.04. The van der Waals surface area contributed by atoms with Crippen molar-refractivity contribution in [1.29, 1.82) is 0 Å². The van der Waals surface area contributed by atoms with Gasteiger partial charge in [0.15, 0.2) is 5.75 Å². The van der Waals surface area contributed by atoms with Crippen LogP contribution in [0.3, 0.4) is 0 Å². The first kappa shape index (κ1) is 12.5. The van der Waals surface area contributed by atoms with E-state index in [1.807, 2.05) is 48.5 Å². The molecular formula is C17H12N2O3. The molecule has 5 heteroatoms.